The zero-order chi connectivity index (χ0) is 23.4. The topological polar surface area (TPSA) is 94.2 Å². The smallest absolute Gasteiger partial charge is 0.243 e. The first-order valence-corrected chi connectivity index (χ1v) is 12.7. The lowest BCUT2D eigenvalue weighted by atomic mass is 9.98. The van der Waals surface area contributed by atoms with Gasteiger partial charge >= 0.3 is 0 Å². The molecule has 0 radical (unpaired) electrons. The summed E-state index contributed by atoms with van der Waals surface area (Å²) < 4.78 is 43.9. The van der Waals surface area contributed by atoms with Gasteiger partial charge in [0.05, 0.1) is 36.2 Å². The van der Waals surface area contributed by atoms with Crippen LogP contribution in [0.15, 0.2) is 41.3 Å². The lowest BCUT2D eigenvalue weighted by Crippen LogP contribution is -2.45. The van der Waals surface area contributed by atoms with E-state index in [0.29, 0.717) is 54.9 Å². The van der Waals surface area contributed by atoms with Crippen LogP contribution in [-0.4, -0.2) is 52.0 Å². The second-order valence-electron chi connectivity index (χ2n) is 8.05. The van der Waals surface area contributed by atoms with Crippen LogP contribution in [0, 0.1) is 5.92 Å². The number of halogens is 1. The van der Waals surface area contributed by atoms with Gasteiger partial charge in [-0.25, -0.2) is 8.42 Å². The number of carbonyl (C=O) groups excluding carboxylic acids is 1. The molecule has 1 atom stereocenters. The van der Waals surface area contributed by atoms with Gasteiger partial charge in [0.1, 0.15) is 5.75 Å². The number of hydrogen-bond donors (Lipinski definition) is 1. The van der Waals surface area contributed by atoms with Crippen molar-refractivity contribution in [2.75, 3.05) is 33.4 Å². The van der Waals surface area contributed by atoms with Crippen molar-refractivity contribution in [3.8, 4) is 17.2 Å². The highest BCUT2D eigenvalue weighted by molar-refractivity contribution is 7.89. The van der Waals surface area contributed by atoms with E-state index in [2.05, 4.69) is 5.32 Å². The molecule has 8 nitrogen and oxygen atoms in total. The molecule has 2 aliphatic rings. The van der Waals surface area contributed by atoms with Gasteiger partial charge in [-0.2, -0.15) is 4.31 Å². The summed E-state index contributed by atoms with van der Waals surface area (Å²) in [5.74, 6) is 1.06. The van der Waals surface area contributed by atoms with Crippen molar-refractivity contribution in [3.63, 3.8) is 0 Å². The van der Waals surface area contributed by atoms with Crippen LogP contribution in [-0.2, 0) is 21.4 Å². The Hall–Kier alpha value is -2.49. The van der Waals surface area contributed by atoms with Crippen LogP contribution in [0.1, 0.15) is 24.8 Å². The van der Waals surface area contributed by atoms with Crippen molar-refractivity contribution in [1.82, 2.24) is 9.62 Å². The van der Waals surface area contributed by atoms with Crippen LogP contribution >= 0.6 is 11.6 Å². The molecule has 1 unspecified atom stereocenters. The number of piperidine rings is 1. The zero-order valence-electron chi connectivity index (χ0n) is 18.4. The van der Waals surface area contributed by atoms with Crippen LogP contribution < -0.4 is 19.5 Å². The molecule has 2 heterocycles. The van der Waals surface area contributed by atoms with Crippen molar-refractivity contribution in [3.05, 3.63) is 47.0 Å². The Balaban J connectivity index is 1.40. The van der Waals surface area contributed by atoms with Crippen LogP contribution in [0.4, 0.5) is 0 Å². The van der Waals surface area contributed by atoms with E-state index in [1.807, 2.05) is 6.07 Å². The number of nitrogens with one attached hydrogen (secondary N) is 1. The quantitative estimate of drug-likeness (QED) is 0.662. The molecule has 1 amide bonds. The van der Waals surface area contributed by atoms with E-state index in [1.54, 1.807) is 18.2 Å². The van der Waals surface area contributed by atoms with Gasteiger partial charge in [0.15, 0.2) is 11.5 Å². The van der Waals surface area contributed by atoms with Gasteiger partial charge in [-0.15, -0.1) is 0 Å². The van der Waals surface area contributed by atoms with Crippen LogP contribution in [0.5, 0.6) is 17.2 Å². The molecule has 2 aromatic carbocycles. The number of carbonyl (C=O) groups is 1. The number of nitrogens with zero attached hydrogens (tertiary/aromatic N) is 1. The lowest BCUT2D eigenvalue weighted by molar-refractivity contribution is -0.126. The van der Waals surface area contributed by atoms with Gasteiger partial charge < -0.3 is 19.5 Å². The Morgan fingerprint density at radius 1 is 1.18 bits per heavy atom. The van der Waals surface area contributed by atoms with E-state index in [9.17, 15) is 13.2 Å². The lowest BCUT2D eigenvalue weighted by Gasteiger charge is -2.31. The molecule has 178 valence electrons. The van der Waals surface area contributed by atoms with E-state index in [1.165, 1.54) is 23.5 Å². The zero-order valence-corrected chi connectivity index (χ0v) is 20.0. The SMILES string of the molecule is COc1ccc(S(=O)(=O)N2CCCC(C(=O)NCc3cc(Cl)c4c(c3)OCCCO4)C2)cc1. The molecule has 33 heavy (non-hydrogen) atoms. The van der Waals surface area contributed by atoms with Crippen molar-refractivity contribution in [2.24, 2.45) is 5.92 Å². The second kappa shape index (κ2) is 10.2. The number of amides is 1. The summed E-state index contributed by atoms with van der Waals surface area (Å²) in [6, 6.07) is 9.82. The molecule has 0 aliphatic carbocycles. The minimum absolute atomic E-state index is 0.141. The normalized spacial score (nSPS) is 18.9. The maximum absolute atomic E-state index is 13.0. The van der Waals surface area contributed by atoms with Gasteiger partial charge in [-0.05, 0) is 54.8 Å². The molecule has 2 aromatic rings. The van der Waals surface area contributed by atoms with Gasteiger partial charge in [0.2, 0.25) is 15.9 Å². The number of sulfonamides is 1. The highest BCUT2D eigenvalue weighted by atomic mass is 35.5. The third-order valence-electron chi connectivity index (χ3n) is 5.78. The van der Waals surface area contributed by atoms with Crippen molar-refractivity contribution >= 4 is 27.5 Å². The molecule has 0 spiro atoms. The van der Waals surface area contributed by atoms with E-state index >= 15 is 0 Å². The summed E-state index contributed by atoms with van der Waals surface area (Å²) in [5.41, 5.74) is 0.788. The average Bonchev–Trinajstić information content (AvgIpc) is 3.08. The summed E-state index contributed by atoms with van der Waals surface area (Å²) >= 11 is 6.33. The van der Waals surface area contributed by atoms with Crippen molar-refractivity contribution < 1.29 is 27.4 Å². The summed E-state index contributed by atoms with van der Waals surface area (Å²) in [7, 11) is -2.16. The largest absolute Gasteiger partial charge is 0.497 e. The summed E-state index contributed by atoms with van der Waals surface area (Å²) in [6.45, 7) is 1.87. The molecule has 1 saturated heterocycles. The fourth-order valence-electron chi connectivity index (χ4n) is 3.99. The highest BCUT2D eigenvalue weighted by Crippen LogP contribution is 2.38. The molecular formula is C23H27ClN2O6S. The van der Waals surface area contributed by atoms with Gasteiger partial charge in [-0.1, -0.05) is 11.6 Å². The third kappa shape index (κ3) is 5.37. The van der Waals surface area contributed by atoms with Crippen LogP contribution in [0.2, 0.25) is 5.02 Å². The summed E-state index contributed by atoms with van der Waals surface area (Å²) in [6.07, 6.45) is 2.01. The summed E-state index contributed by atoms with van der Waals surface area (Å²) in [5, 5.41) is 3.35. The second-order valence-corrected chi connectivity index (χ2v) is 10.4. The van der Waals surface area contributed by atoms with Gasteiger partial charge in [0.25, 0.3) is 0 Å². The van der Waals surface area contributed by atoms with Crippen LogP contribution in [0.3, 0.4) is 0 Å². The molecule has 2 aliphatic heterocycles. The Bertz CT molecular complexity index is 1110. The number of methoxy groups -OCH3 is 1. The molecule has 0 bridgehead atoms. The Morgan fingerprint density at radius 3 is 2.70 bits per heavy atom. The highest BCUT2D eigenvalue weighted by Gasteiger charge is 2.33. The predicted molar refractivity (Wildman–Crippen MR) is 123 cm³/mol. The Kier molecular flexibility index (Phi) is 7.31. The molecule has 0 saturated carbocycles. The number of benzene rings is 2. The van der Waals surface area contributed by atoms with E-state index in [-0.39, 0.29) is 23.9 Å². The standard InChI is InChI=1S/C23H27ClN2O6S/c1-30-18-5-7-19(8-6-18)33(28,29)26-9-2-4-17(15-26)23(27)25-14-16-12-20(24)22-21(13-16)31-10-3-11-32-22/h5-8,12-13,17H,2-4,9-11,14-15H2,1H3,(H,25,27). The molecule has 1 N–H and O–H groups in total. The maximum Gasteiger partial charge on any atom is 0.243 e. The third-order valence-corrected chi connectivity index (χ3v) is 7.94. The first-order chi connectivity index (χ1) is 15.9. The molecule has 0 aromatic heterocycles. The van der Waals surface area contributed by atoms with Crippen molar-refractivity contribution in [2.45, 2.75) is 30.7 Å². The number of fused-ring (bicyclic) bond motifs is 1. The Labute approximate surface area is 198 Å². The monoisotopic (exact) mass is 494 g/mol. The van der Waals surface area contributed by atoms with Gasteiger partial charge in [-0.3, -0.25) is 4.79 Å². The molecule has 4 rings (SSSR count). The van der Waals surface area contributed by atoms with E-state index in [4.69, 9.17) is 25.8 Å². The van der Waals surface area contributed by atoms with Gasteiger partial charge in [0, 0.05) is 26.1 Å². The Morgan fingerprint density at radius 2 is 1.94 bits per heavy atom. The number of ether oxygens (including phenoxy) is 3. The molecular weight excluding hydrogens is 468 g/mol. The predicted octanol–water partition coefficient (Wildman–Crippen LogP) is 3.23. The fraction of sp³-hybridized carbons (Fsp3) is 0.435. The van der Waals surface area contributed by atoms with Crippen LogP contribution in [0.25, 0.3) is 0 Å². The summed E-state index contributed by atoms with van der Waals surface area (Å²) in [4.78, 5) is 13.0. The minimum atomic E-state index is -3.69. The van der Waals surface area contributed by atoms with E-state index in [0.717, 1.165) is 12.0 Å². The maximum atomic E-state index is 13.0. The molecule has 10 heteroatoms. The first-order valence-electron chi connectivity index (χ1n) is 10.9. The fourth-order valence-corrected chi connectivity index (χ4v) is 5.80. The molecule has 1 fully saturated rings. The van der Waals surface area contributed by atoms with E-state index < -0.39 is 15.9 Å². The van der Waals surface area contributed by atoms with Crippen molar-refractivity contribution in [1.29, 1.82) is 0 Å². The average molecular weight is 495 g/mol. The number of rotatable bonds is 6. The first kappa shape index (κ1) is 23.7. The minimum Gasteiger partial charge on any atom is -0.497 e. The number of hydrogen-bond acceptors (Lipinski definition) is 6.